The predicted octanol–water partition coefficient (Wildman–Crippen LogP) is 4.34. The van der Waals surface area contributed by atoms with Gasteiger partial charge in [0.2, 0.25) is 11.8 Å². The number of hydrogen-bond donors (Lipinski definition) is 1. The maximum Gasteiger partial charge on any atom is 0.234 e. The topological polar surface area (TPSA) is 49.4 Å². The van der Waals surface area contributed by atoms with Crippen molar-refractivity contribution in [3.63, 3.8) is 0 Å². The van der Waals surface area contributed by atoms with E-state index in [2.05, 4.69) is 5.32 Å². The van der Waals surface area contributed by atoms with Crippen LogP contribution in [-0.4, -0.2) is 24.1 Å². The van der Waals surface area contributed by atoms with Crippen molar-refractivity contribution < 1.29 is 9.59 Å². The fourth-order valence-electron chi connectivity index (χ4n) is 2.69. The van der Waals surface area contributed by atoms with Crippen molar-refractivity contribution in [1.29, 1.82) is 0 Å². The maximum absolute atomic E-state index is 12.0. The Morgan fingerprint density at radius 3 is 2.48 bits per heavy atom. The van der Waals surface area contributed by atoms with Crippen molar-refractivity contribution in [3.05, 3.63) is 59.1 Å². The molecule has 1 aliphatic heterocycles. The van der Waals surface area contributed by atoms with Crippen LogP contribution in [0.2, 0.25) is 5.02 Å². The average molecular weight is 375 g/mol. The number of hydrogen-bond acceptors (Lipinski definition) is 3. The normalized spacial score (nSPS) is 14.0. The van der Waals surface area contributed by atoms with Crippen LogP contribution in [0.1, 0.15) is 18.4 Å². The highest BCUT2D eigenvalue weighted by Gasteiger charge is 2.21. The van der Waals surface area contributed by atoms with Crippen LogP contribution in [0, 0.1) is 0 Å². The molecule has 0 spiro atoms. The van der Waals surface area contributed by atoms with Crippen molar-refractivity contribution in [3.8, 4) is 0 Å². The first kappa shape index (κ1) is 17.8. The zero-order chi connectivity index (χ0) is 17.6. The van der Waals surface area contributed by atoms with Crippen LogP contribution in [0.3, 0.4) is 0 Å². The van der Waals surface area contributed by atoms with Gasteiger partial charge in [0.25, 0.3) is 0 Å². The largest absolute Gasteiger partial charge is 0.325 e. The van der Waals surface area contributed by atoms with Crippen LogP contribution in [0.25, 0.3) is 0 Å². The van der Waals surface area contributed by atoms with Crippen molar-refractivity contribution in [1.82, 2.24) is 0 Å². The van der Waals surface area contributed by atoms with Crippen molar-refractivity contribution >= 4 is 46.6 Å². The highest BCUT2D eigenvalue weighted by atomic mass is 35.5. The summed E-state index contributed by atoms with van der Waals surface area (Å²) in [6, 6.07) is 15.1. The van der Waals surface area contributed by atoms with E-state index in [1.165, 1.54) is 0 Å². The number of halogens is 1. The summed E-state index contributed by atoms with van der Waals surface area (Å²) >= 11 is 7.41. The third kappa shape index (κ3) is 5.00. The molecule has 0 radical (unpaired) electrons. The Balaban J connectivity index is 1.46. The molecule has 3 rings (SSSR count). The molecular formula is C19H19ClN2O2S. The van der Waals surface area contributed by atoms with Gasteiger partial charge in [-0.2, -0.15) is 0 Å². The number of rotatable bonds is 6. The van der Waals surface area contributed by atoms with Crippen LogP contribution in [0.4, 0.5) is 11.4 Å². The Kier molecular flexibility index (Phi) is 6.00. The van der Waals surface area contributed by atoms with Gasteiger partial charge in [-0.05, 0) is 48.4 Å². The first-order chi connectivity index (χ1) is 12.1. The molecule has 25 heavy (non-hydrogen) atoms. The quantitative estimate of drug-likeness (QED) is 0.818. The highest BCUT2D eigenvalue weighted by molar-refractivity contribution is 7.99. The Bertz CT molecular complexity index is 747. The van der Waals surface area contributed by atoms with E-state index < -0.39 is 0 Å². The molecular weight excluding hydrogens is 356 g/mol. The number of benzene rings is 2. The van der Waals surface area contributed by atoms with Gasteiger partial charge in [-0.25, -0.2) is 0 Å². The number of nitrogens with zero attached hydrogens (tertiary/aromatic N) is 1. The Labute approximate surface area is 156 Å². The van der Waals surface area contributed by atoms with Gasteiger partial charge in [-0.1, -0.05) is 23.7 Å². The molecule has 1 heterocycles. The number of nitrogens with one attached hydrogen (secondary N) is 1. The van der Waals surface area contributed by atoms with E-state index in [1.807, 2.05) is 48.5 Å². The average Bonchev–Trinajstić information content (AvgIpc) is 3.03. The summed E-state index contributed by atoms with van der Waals surface area (Å²) < 4.78 is 0. The fourth-order valence-corrected chi connectivity index (χ4v) is 3.60. The summed E-state index contributed by atoms with van der Waals surface area (Å²) in [5.41, 5.74) is 2.77. The van der Waals surface area contributed by atoms with Crippen LogP contribution >= 0.6 is 23.4 Å². The molecule has 0 saturated carbocycles. The smallest absolute Gasteiger partial charge is 0.234 e. The van der Waals surface area contributed by atoms with E-state index in [1.54, 1.807) is 16.7 Å². The Morgan fingerprint density at radius 2 is 1.84 bits per heavy atom. The molecule has 1 aliphatic rings. The fraction of sp³-hybridized carbons (Fsp3) is 0.263. The van der Waals surface area contributed by atoms with Gasteiger partial charge in [-0.15, -0.1) is 11.8 Å². The lowest BCUT2D eigenvalue weighted by Gasteiger charge is -2.16. The predicted molar refractivity (Wildman–Crippen MR) is 104 cm³/mol. The summed E-state index contributed by atoms with van der Waals surface area (Å²) in [6.45, 7) is 0.770. The molecule has 2 amide bonds. The van der Waals surface area contributed by atoms with Crippen molar-refractivity contribution in [2.24, 2.45) is 0 Å². The minimum Gasteiger partial charge on any atom is -0.325 e. The lowest BCUT2D eigenvalue weighted by Crippen LogP contribution is -2.23. The lowest BCUT2D eigenvalue weighted by molar-refractivity contribution is -0.117. The molecule has 2 aromatic carbocycles. The minimum atomic E-state index is -0.0380. The molecule has 130 valence electrons. The summed E-state index contributed by atoms with van der Waals surface area (Å²) in [5, 5.41) is 3.60. The van der Waals surface area contributed by atoms with E-state index >= 15 is 0 Å². The van der Waals surface area contributed by atoms with E-state index in [0.717, 1.165) is 35.7 Å². The highest BCUT2D eigenvalue weighted by Crippen LogP contribution is 2.23. The first-order valence-corrected chi connectivity index (χ1v) is 9.67. The maximum atomic E-state index is 12.0. The monoisotopic (exact) mass is 374 g/mol. The van der Waals surface area contributed by atoms with Gasteiger partial charge in [0.15, 0.2) is 0 Å². The summed E-state index contributed by atoms with van der Waals surface area (Å²) in [7, 11) is 0. The molecule has 6 heteroatoms. The SMILES string of the molecule is O=C(CSCc1ccc(Cl)cc1)Nc1ccc(N2CCCC2=O)cc1. The number of amides is 2. The molecule has 2 aromatic rings. The molecule has 4 nitrogen and oxygen atoms in total. The number of carbonyl (C=O) groups excluding carboxylic acids is 2. The van der Waals surface area contributed by atoms with Crippen molar-refractivity contribution in [2.75, 3.05) is 22.5 Å². The molecule has 1 N–H and O–H groups in total. The van der Waals surface area contributed by atoms with Crippen LogP contribution in [0.5, 0.6) is 0 Å². The molecule has 0 bridgehead atoms. The lowest BCUT2D eigenvalue weighted by atomic mass is 10.2. The van der Waals surface area contributed by atoms with Gasteiger partial charge in [0, 0.05) is 35.1 Å². The molecule has 0 atom stereocenters. The number of carbonyl (C=O) groups is 2. The summed E-state index contributed by atoms with van der Waals surface area (Å²) in [6.07, 6.45) is 1.52. The van der Waals surface area contributed by atoms with Crippen LogP contribution < -0.4 is 10.2 Å². The van der Waals surface area contributed by atoms with Gasteiger partial charge in [0.1, 0.15) is 0 Å². The van der Waals surface area contributed by atoms with E-state index in [9.17, 15) is 9.59 Å². The van der Waals surface area contributed by atoms with Crippen LogP contribution in [0.15, 0.2) is 48.5 Å². The molecule has 1 saturated heterocycles. The van der Waals surface area contributed by atoms with Gasteiger partial charge >= 0.3 is 0 Å². The Morgan fingerprint density at radius 1 is 1.12 bits per heavy atom. The van der Waals surface area contributed by atoms with E-state index in [0.29, 0.717) is 17.2 Å². The molecule has 0 aromatic heterocycles. The zero-order valence-corrected chi connectivity index (χ0v) is 15.3. The Hall–Kier alpha value is -1.98. The molecule has 1 fully saturated rings. The zero-order valence-electron chi connectivity index (χ0n) is 13.7. The molecule has 0 aliphatic carbocycles. The minimum absolute atomic E-state index is 0.0380. The van der Waals surface area contributed by atoms with E-state index in [-0.39, 0.29) is 11.8 Å². The van der Waals surface area contributed by atoms with Gasteiger partial charge < -0.3 is 10.2 Å². The van der Waals surface area contributed by atoms with Crippen molar-refractivity contribution in [2.45, 2.75) is 18.6 Å². The first-order valence-electron chi connectivity index (χ1n) is 8.14. The third-order valence-electron chi connectivity index (χ3n) is 3.95. The van der Waals surface area contributed by atoms with Gasteiger partial charge in [-0.3, -0.25) is 9.59 Å². The summed E-state index contributed by atoms with van der Waals surface area (Å²) in [5.74, 6) is 1.27. The second-order valence-corrected chi connectivity index (χ2v) is 7.29. The second-order valence-electron chi connectivity index (χ2n) is 5.86. The third-order valence-corrected chi connectivity index (χ3v) is 5.21. The standard InChI is InChI=1S/C19H19ClN2O2S/c20-15-5-3-14(4-6-15)12-25-13-18(23)21-16-7-9-17(10-8-16)22-11-1-2-19(22)24/h3-10H,1-2,11-13H2,(H,21,23). The summed E-state index contributed by atoms with van der Waals surface area (Å²) in [4.78, 5) is 25.6. The van der Waals surface area contributed by atoms with E-state index in [4.69, 9.17) is 11.6 Å². The number of thioether (sulfide) groups is 1. The second kappa shape index (κ2) is 8.41. The molecule has 0 unspecified atom stereocenters. The number of anilines is 2. The van der Waals surface area contributed by atoms with Crippen LogP contribution in [-0.2, 0) is 15.3 Å². The van der Waals surface area contributed by atoms with Gasteiger partial charge in [0.05, 0.1) is 5.75 Å².